The van der Waals surface area contributed by atoms with Gasteiger partial charge in [-0.2, -0.15) is 0 Å². The molecule has 1 spiro atoms. The number of fused-ring (bicyclic) bond motifs is 14. The Labute approximate surface area is 370 Å². The van der Waals surface area contributed by atoms with Gasteiger partial charge in [0.25, 0.3) is 0 Å². The second-order valence-electron chi connectivity index (χ2n) is 15.7. The minimum absolute atomic E-state index is 0.125. The van der Waals surface area contributed by atoms with Crippen molar-refractivity contribution in [2.24, 2.45) is 0 Å². The van der Waals surface area contributed by atoms with E-state index in [4.69, 9.17) is 0 Å². The molecule has 61 heavy (non-hydrogen) atoms. The molecule has 0 atom stereocenters. The van der Waals surface area contributed by atoms with Crippen LogP contribution < -0.4 is 4.90 Å². The molecule has 0 bridgehead atoms. The van der Waals surface area contributed by atoms with Gasteiger partial charge in [0.05, 0.1) is 16.4 Å². The Morgan fingerprint density at radius 1 is 0.393 bits per heavy atom. The summed E-state index contributed by atoms with van der Waals surface area (Å²) in [6.07, 6.45) is 0. The number of hydrogen-bond donors (Lipinski definition) is 0. The van der Waals surface area contributed by atoms with Gasteiger partial charge in [-0.15, -0.1) is 11.3 Å². The van der Waals surface area contributed by atoms with Gasteiger partial charge in [0, 0.05) is 37.2 Å². The Kier molecular flexibility index (Phi) is 5.92. The lowest BCUT2D eigenvalue weighted by molar-refractivity contribution is 0.793. The van der Waals surface area contributed by atoms with Crippen LogP contribution in [-0.2, 0) is 5.41 Å². The van der Waals surface area contributed by atoms with E-state index in [9.17, 15) is 11.0 Å². The first-order valence-electron chi connectivity index (χ1n) is 24.4. The minimum Gasteiger partial charge on any atom is -0.310 e. The molecule has 1 nitrogen and oxygen atoms in total. The zero-order chi connectivity index (χ0) is 47.0. The van der Waals surface area contributed by atoms with Crippen LogP contribution in [-0.4, -0.2) is 0 Å². The summed E-state index contributed by atoms with van der Waals surface area (Å²) < 4.78 is 80.2. The average molecular weight is 800 g/mol. The lowest BCUT2D eigenvalue weighted by atomic mass is 9.70. The zero-order valence-electron chi connectivity index (χ0n) is 40.6. The molecule has 2 heteroatoms. The zero-order valence-corrected chi connectivity index (χ0v) is 33.4. The van der Waals surface area contributed by atoms with Crippen molar-refractivity contribution in [3.63, 3.8) is 0 Å². The summed E-state index contributed by atoms with van der Waals surface area (Å²) in [5.41, 5.74) is 9.11. The highest BCUT2D eigenvalue weighted by molar-refractivity contribution is 7.26. The van der Waals surface area contributed by atoms with E-state index in [1.54, 1.807) is 0 Å². The fourth-order valence-electron chi connectivity index (χ4n) is 10.1. The van der Waals surface area contributed by atoms with Crippen LogP contribution in [0.15, 0.2) is 224 Å². The van der Waals surface area contributed by atoms with E-state index in [2.05, 4.69) is 66.7 Å². The van der Waals surface area contributed by atoms with E-state index in [0.29, 0.717) is 16.8 Å². The first-order valence-corrected chi connectivity index (χ1v) is 21.3. The molecule has 0 fully saturated rings. The van der Waals surface area contributed by atoms with E-state index in [1.165, 1.54) is 16.2 Å². The van der Waals surface area contributed by atoms with Crippen LogP contribution >= 0.6 is 11.3 Å². The molecule has 0 amide bonds. The van der Waals surface area contributed by atoms with Crippen molar-refractivity contribution in [2.75, 3.05) is 4.90 Å². The normalized spacial score (nSPS) is 14.9. The molecular weight excluding hydrogens is 755 g/mol. The van der Waals surface area contributed by atoms with Crippen LogP contribution in [0.2, 0.25) is 0 Å². The first-order chi connectivity index (χ1) is 33.6. The number of anilines is 3. The SMILES string of the molecule is [2H]c1c([2H])c(-c2cccc3c2sc2ccccc23)c([2H])c(N(c2ccc3c(c2)C2(c4ccccc4-c4ccccc42)c2ccccc2-3)c2c([2H])c([2H])c(-c3cccc4ccccc34)c([2H])c2[2H])c1[2H]. The maximum atomic E-state index is 10.3. The quantitative estimate of drug-likeness (QED) is 0.168. The average Bonchev–Trinajstić information content (AvgIpc) is 4.02. The molecule has 284 valence electrons. The van der Waals surface area contributed by atoms with Gasteiger partial charge in [0.15, 0.2) is 0 Å². The highest BCUT2D eigenvalue weighted by Gasteiger charge is 2.51. The summed E-state index contributed by atoms with van der Waals surface area (Å²) >= 11 is 1.54. The maximum absolute atomic E-state index is 10.3. The van der Waals surface area contributed by atoms with Crippen molar-refractivity contribution in [3.8, 4) is 44.5 Å². The predicted molar refractivity (Wildman–Crippen MR) is 259 cm³/mol. The molecule has 2 aliphatic carbocycles. The minimum atomic E-state index is -0.797. The molecule has 13 rings (SSSR count). The lowest BCUT2D eigenvalue weighted by Crippen LogP contribution is -2.26. The van der Waals surface area contributed by atoms with E-state index in [0.717, 1.165) is 75.5 Å². The Morgan fingerprint density at radius 3 is 1.72 bits per heavy atom. The third kappa shape index (κ3) is 4.94. The van der Waals surface area contributed by atoms with Gasteiger partial charge in [0.1, 0.15) is 0 Å². The van der Waals surface area contributed by atoms with Crippen LogP contribution in [0.3, 0.4) is 0 Å². The van der Waals surface area contributed by atoms with Gasteiger partial charge < -0.3 is 4.90 Å². The molecule has 1 heterocycles. The molecule has 1 aromatic heterocycles. The number of thiophene rings is 1. The lowest BCUT2D eigenvalue weighted by Gasteiger charge is -2.32. The summed E-state index contributed by atoms with van der Waals surface area (Å²) in [6.45, 7) is 0. The summed E-state index contributed by atoms with van der Waals surface area (Å²) in [6, 6.07) is 55.5. The van der Waals surface area contributed by atoms with E-state index in [-0.39, 0.29) is 58.8 Å². The van der Waals surface area contributed by atoms with Crippen LogP contribution in [0.5, 0.6) is 0 Å². The van der Waals surface area contributed by atoms with Crippen LogP contribution in [0, 0.1) is 0 Å². The molecule has 0 saturated heterocycles. The molecule has 10 aromatic carbocycles. The Bertz CT molecular complexity index is 3950. The van der Waals surface area contributed by atoms with Crippen molar-refractivity contribution in [3.05, 3.63) is 247 Å². The molecule has 0 aliphatic heterocycles. The predicted octanol–water partition coefficient (Wildman–Crippen LogP) is 16.4. The van der Waals surface area contributed by atoms with Crippen LogP contribution in [0.1, 0.15) is 33.2 Å². The van der Waals surface area contributed by atoms with Crippen molar-refractivity contribution in [1.29, 1.82) is 0 Å². The van der Waals surface area contributed by atoms with Crippen molar-refractivity contribution >= 4 is 59.3 Å². The molecule has 2 aliphatic rings. The molecule has 11 aromatic rings. The van der Waals surface area contributed by atoms with E-state index in [1.807, 2.05) is 109 Å². The fraction of sp³-hybridized carbons (Fsp3) is 0.0169. The monoisotopic (exact) mass is 799 g/mol. The summed E-state index contributed by atoms with van der Waals surface area (Å²) in [7, 11) is 0. The molecule has 0 N–H and O–H groups in total. The molecular formula is C59H37NS. The van der Waals surface area contributed by atoms with Crippen LogP contribution in [0.4, 0.5) is 17.1 Å². The standard InChI is InChI=1S/C59H37NS/c1-2-18-44-38(14-1)15-12-23-45(44)39-30-32-41(33-31-39)60(42-17-11-16-40(36-42)46-24-13-25-52-51-22-6-10-29-57(51)61-58(46)52)43-34-35-50-49-21-5-9-28-55(49)59(56(50)37-43)53-26-7-3-19-47(53)48-20-4-8-27-54(48)59/h1-37H/i11D,16D,17D,30D,31D,32D,33D,36D. The highest BCUT2D eigenvalue weighted by atomic mass is 32.1. The Balaban J connectivity index is 1.14. The summed E-state index contributed by atoms with van der Waals surface area (Å²) in [5, 5.41) is 3.63. The van der Waals surface area contributed by atoms with Crippen molar-refractivity contribution < 1.29 is 11.0 Å². The largest absolute Gasteiger partial charge is 0.310 e. The summed E-state index contributed by atoms with van der Waals surface area (Å²) in [4.78, 5) is 1.49. The summed E-state index contributed by atoms with van der Waals surface area (Å²) in [5.74, 6) is 0. The number of nitrogens with zero attached hydrogens (tertiary/aromatic N) is 1. The Hall–Kier alpha value is -7.52. The third-order valence-corrected chi connectivity index (χ3v) is 13.9. The first kappa shape index (κ1) is 27.3. The number of hydrogen-bond acceptors (Lipinski definition) is 2. The second kappa shape index (κ2) is 13.2. The van der Waals surface area contributed by atoms with Gasteiger partial charge in [-0.3, -0.25) is 0 Å². The van der Waals surface area contributed by atoms with Gasteiger partial charge in [-0.25, -0.2) is 0 Å². The van der Waals surface area contributed by atoms with Crippen molar-refractivity contribution in [2.45, 2.75) is 5.41 Å². The molecule has 0 unspecified atom stereocenters. The number of benzene rings is 10. The number of rotatable bonds is 5. The molecule has 0 radical (unpaired) electrons. The van der Waals surface area contributed by atoms with Gasteiger partial charge >= 0.3 is 0 Å². The van der Waals surface area contributed by atoms with E-state index >= 15 is 0 Å². The van der Waals surface area contributed by atoms with Crippen LogP contribution in [0.25, 0.3) is 75.5 Å². The smallest absolute Gasteiger partial charge is 0.0726 e. The van der Waals surface area contributed by atoms with Crippen molar-refractivity contribution in [1.82, 2.24) is 0 Å². The topological polar surface area (TPSA) is 3.24 Å². The molecule has 0 saturated carbocycles. The fourth-order valence-corrected chi connectivity index (χ4v) is 11.3. The van der Waals surface area contributed by atoms with E-state index < -0.39 is 17.5 Å². The van der Waals surface area contributed by atoms with Gasteiger partial charge in [-0.05, 0) is 120 Å². The second-order valence-corrected chi connectivity index (χ2v) is 16.8. The highest BCUT2D eigenvalue weighted by Crippen LogP contribution is 2.63. The Morgan fingerprint density at radius 2 is 0.967 bits per heavy atom. The third-order valence-electron chi connectivity index (χ3n) is 12.6. The van der Waals surface area contributed by atoms with Gasteiger partial charge in [0.2, 0.25) is 0 Å². The maximum Gasteiger partial charge on any atom is 0.0726 e. The van der Waals surface area contributed by atoms with Gasteiger partial charge in [-0.1, -0.05) is 182 Å².